The number of hydrogen-bond acceptors (Lipinski definition) is 8. The highest BCUT2D eigenvalue weighted by atomic mass is 32.1. The van der Waals surface area contributed by atoms with Gasteiger partial charge in [-0.25, -0.2) is 9.59 Å². The molecule has 10 nitrogen and oxygen atoms in total. The van der Waals surface area contributed by atoms with Crippen molar-refractivity contribution in [1.29, 1.82) is 0 Å². The zero-order chi connectivity index (χ0) is 19.4. The molecule has 0 bridgehead atoms. The van der Waals surface area contributed by atoms with Gasteiger partial charge in [0.2, 0.25) is 10.3 Å². The first kappa shape index (κ1) is 18.7. The van der Waals surface area contributed by atoms with E-state index in [9.17, 15) is 9.59 Å². The van der Waals surface area contributed by atoms with Crippen LogP contribution in [-0.2, 0) is 0 Å². The molecule has 2 heterocycles. The van der Waals surface area contributed by atoms with Gasteiger partial charge in [-0.1, -0.05) is 28.7 Å². The third kappa shape index (κ3) is 5.18. The Morgan fingerprint density at radius 3 is 1.85 bits per heavy atom. The minimum Gasteiger partial charge on any atom is -0.308 e. The molecule has 3 rings (SSSR count). The van der Waals surface area contributed by atoms with E-state index in [1.165, 1.54) is 22.7 Å². The topological polar surface area (TPSA) is 134 Å². The Morgan fingerprint density at radius 1 is 0.778 bits per heavy atom. The second-order valence-corrected chi connectivity index (χ2v) is 7.80. The number of urea groups is 2. The number of carbonyl (C=O) groups is 2. The summed E-state index contributed by atoms with van der Waals surface area (Å²) in [4.78, 5) is 24.2. The van der Waals surface area contributed by atoms with Crippen LogP contribution in [0.5, 0.6) is 0 Å². The number of aromatic nitrogens is 4. The van der Waals surface area contributed by atoms with E-state index >= 15 is 0 Å². The second kappa shape index (κ2) is 8.05. The van der Waals surface area contributed by atoms with Gasteiger partial charge in [-0.3, -0.25) is 10.6 Å². The molecule has 0 spiro atoms. The van der Waals surface area contributed by atoms with Crippen LogP contribution in [0.2, 0.25) is 0 Å². The molecule has 0 aliphatic heterocycles. The molecule has 0 aliphatic carbocycles. The van der Waals surface area contributed by atoms with Crippen molar-refractivity contribution < 1.29 is 9.59 Å². The van der Waals surface area contributed by atoms with Crippen molar-refractivity contribution in [2.45, 2.75) is 20.8 Å². The number of benzene rings is 1. The Balaban J connectivity index is 1.62. The standard InChI is InChI=1S/C15H16N8O2S2/c1-7-4-5-10(16-12(24)18-14-22-20-8(2)26-14)6-11(7)17-13(25)19-15-23-21-9(3)27-15/h4-6H,1-3H3,(H2,16,18,22,24)(H2,17,19,23,25). The van der Waals surface area contributed by atoms with Crippen LogP contribution in [0.3, 0.4) is 0 Å². The lowest BCUT2D eigenvalue weighted by molar-refractivity contribution is 0.261. The van der Waals surface area contributed by atoms with Gasteiger partial charge in [-0.05, 0) is 38.5 Å². The highest BCUT2D eigenvalue weighted by molar-refractivity contribution is 7.15. The number of rotatable bonds is 4. The van der Waals surface area contributed by atoms with Gasteiger partial charge in [0.25, 0.3) is 0 Å². The van der Waals surface area contributed by atoms with Gasteiger partial charge < -0.3 is 10.6 Å². The van der Waals surface area contributed by atoms with Crippen LogP contribution >= 0.6 is 22.7 Å². The summed E-state index contributed by atoms with van der Waals surface area (Å²) in [6.45, 7) is 5.44. The average molecular weight is 404 g/mol. The van der Waals surface area contributed by atoms with Crippen molar-refractivity contribution >= 4 is 56.4 Å². The summed E-state index contributed by atoms with van der Waals surface area (Å²) in [6.07, 6.45) is 0. The molecule has 12 heteroatoms. The summed E-state index contributed by atoms with van der Waals surface area (Å²) in [5.74, 6) is 0. The first-order chi connectivity index (χ1) is 12.9. The fourth-order valence-electron chi connectivity index (χ4n) is 2.04. The number of hydrogen-bond donors (Lipinski definition) is 4. The molecule has 4 amide bonds. The van der Waals surface area contributed by atoms with Gasteiger partial charge >= 0.3 is 12.1 Å². The van der Waals surface area contributed by atoms with Crippen molar-refractivity contribution in [2.75, 3.05) is 21.3 Å². The summed E-state index contributed by atoms with van der Waals surface area (Å²) in [5.41, 5.74) is 1.91. The molecule has 0 aliphatic rings. The first-order valence-corrected chi connectivity index (χ1v) is 9.39. The van der Waals surface area contributed by atoms with Gasteiger partial charge in [-0.15, -0.1) is 20.4 Å². The van der Waals surface area contributed by atoms with Crippen LogP contribution in [0.25, 0.3) is 0 Å². The monoisotopic (exact) mass is 404 g/mol. The molecule has 4 N–H and O–H groups in total. The quantitative estimate of drug-likeness (QED) is 0.525. The van der Waals surface area contributed by atoms with Crippen molar-refractivity contribution in [3.63, 3.8) is 0 Å². The van der Waals surface area contributed by atoms with Crippen LogP contribution in [0, 0.1) is 20.8 Å². The number of nitrogens with zero attached hydrogens (tertiary/aromatic N) is 4. The van der Waals surface area contributed by atoms with Crippen molar-refractivity contribution in [3.8, 4) is 0 Å². The Bertz CT molecular complexity index is 984. The molecule has 140 valence electrons. The van der Waals surface area contributed by atoms with E-state index in [1.807, 2.05) is 6.92 Å². The molecule has 0 saturated carbocycles. The SMILES string of the molecule is Cc1nnc(NC(=O)Nc2ccc(C)c(NC(=O)Nc3nnc(C)s3)c2)s1. The number of aryl methyl sites for hydroxylation is 3. The van der Waals surface area contributed by atoms with Gasteiger partial charge in [0.05, 0.1) is 0 Å². The third-order valence-electron chi connectivity index (χ3n) is 3.24. The first-order valence-electron chi connectivity index (χ1n) is 7.76. The number of nitrogens with one attached hydrogen (secondary N) is 4. The third-order valence-corrected chi connectivity index (χ3v) is 4.74. The summed E-state index contributed by atoms with van der Waals surface area (Å²) in [5, 5.41) is 28.3. The highest BCUT2D eigenvalue weighted by Gasteiger charge is 2.11. The number of amides is 4. The van der Waals surface area contributed by atoms with Crippen LogP contribution < -0.4 is 21.3 Å². The molecular formula is C15H16N8O2S2. The maximum absolute atomic E-state index is 12.1. The molecule has 3 aromatic rings. The van der Waals surface area contributed by atoms with Crippen molar-refractivity contribution in [2.24, 2.45) is 0 Å². The zero-order valence-corrected chi connectivity index (χ0v) is 16.3. The molecule has 27 heavy (non-hydrogen) atoms. The lowest BCUT2D eigenvalue weighted by Gasteiger charge is -2.11. The van der Waals surface area contributed by atoms with Crippen LogP contribution in [0.15, 0.2) is 18.2 Å². The maximum Gasteiger partial charge on any atom is 0.325 e. The Morgan fingerprint density at radius 2 is 1.33 bits per heavy atom. The van der Waals surface area contributed by atoms with E-state index in [0.717, 1.165) is 15.6 Å². The average Bonchev–Trinajstić information content (AvgIpc) is 3.18. The molecule has 0 atom stereocenters. The molecule has 0 saturated heterocycles. The highest BCUT2D eigenvalue weighted by Crippen LogP contribution is 2.22. The molecule has 1 aromatic carbocycles. The summed E-state index contributed by atoms with van der Waals surface area (Å²) in [6, 6.07) is 4.29. The smallest absolute Gasteiger partial charge is 0.308 e. The molecule has 2 aromatic heterocycles. The second-order valence-electron chi connectivity index (χ2n) is 5.44. The van der Waals surface area contributed by atoms with Crippen LogP contribution in [-0.4, -0.2) is 32.5 Å². The van der Waals surface area contributed by atoms with Gasteiger partial charge in [0, 0.05) is 11.4 Å². The summed E-state index contributed by atoms with van der Waals surface area (Å²) in [7, 11) is 0. The van der Waals surface area contributed by atoms with E-state index in [4.69, 9.17) is 0 Å². The van der Waals surface area contributed by atoms with Crippen molar-refractivity contribution in [1.82, 2.24) is 20.4 Å². The largest absolute Gasteiger partial charge is 0.325 e. The predicted octanol–water partition coefficient (Wildman–Crippen LogP) is 3.60. The molecule has 0 unspecified atom stereocenters. The lowest BCUT2D eigenvalue weighted by Crippen LogP contribution is -2.21. The van der Waals surface area contributed by atoms with Crippen LogP contribution in [0.4, 0.5) is 31.2 Å². The lowest BCUT2D eigenvalue weighted by atomic mass is 10.2. The van der Waals surface area contributed by atoms with Crippen molar-refractivity contribution in [3.05, 3.63) is 33.8 Å². The molecule has 0 fully saturated rings. The maximum atomic E-state index is 12.1. The number of anilines is 4. The Hall–Kier alpha value is -3.12. The minimum atomic E-state index is -0.449. The van der Waals surface area contributed by atoms with E-state index in [1.54, 1.807) is 32.0 Å². The molecule has 0 radical (unpaired) electrons. The number of carbonyl (C=O) groups excluding carboxylic acids is 2. The Kier molecular flexibility index (Phi) is 5.57. The predicted molar refractivity (Wildman–Crippen MR) is 106 cm³/mol. The fourth-order valence-corrected chi connectivity index (χ4v) is 3.21. The Labute approximate surface area is 162 Å². The van der Waals surface area contributed by atoms with Gasteiger partial charge in [-0.2, -0.15) is 0 Å². The van der Waals surface area contributed by atoms with E-state index in [0.29, 0.717) is 21.6 Å². The zero-order valence-electron chi connectivity index (χ0n) is 14.7. The van der Waals surface area contributed by atoms with E-state index < -0.39 is 12.1 Å². The summed E-state index contributed by atoms with van der Waals surface area (Å²) < 4.78 is 0. The molecular weight excluding hydrogens is 388 g/mol. The van der Waals surface area contributed by atoms with E-state index in [2.05, 4.69) is 41.7 Å². The van der Waals surface area contributed by atoms with E-state index in [-0.39, 0.29) is 0 Å². The minimum absolute atomic E-state index is 0.405. The fraction of sp³-hybridized carbons (Fsp3) is 0.200. The van der Waals surface area contributed by atoms with Gasteiger partial charge in [0.1, 0.15) is 10.0 Å². The van der Waals surface area contributed by atoms with Crippen LogP contribution in [0.1, 0.15) is 15.6 Å². The van der Waals surface area contributed by atoms with Gasteiger partial charge in [0.15, 0.2) is 0 Å². The normalized spacial score (nSPS) is 10.3. The summed E-state index contributed by atoms with van der Waals surface area (Å²) >= 11 is 2.55.